The van der Waals surface area contributed by atoms with Gasteiger partial charge in [0.05, 0.1) is 23.5 Å². The number of aryl methyl sites for hydroxylation is 1. The summed E-state index contributed by atoms with van der Waals surface area (Å²) in [6, 6.07) is 17.8. The molecule has 35 heavy (non-hydrogen) atoms. The molecule has 2 aromatic heterocycles. The first-order valence-corrected chi connectivity index (χ1v) is 13.2. The summed E-state index contributed by atoms with van der Waals surface area (Å²) in [4.78, 5) is 10.3. The molecule has 0 saturated carbocycles. The van der Waals surface area contributed by atoms with Crippen molar-refractivity contribution >= 4 is 44.2 Å². The van der Waals surface area contributed by atoms with Crippen molar-refractivity contribution in [3.8, 4) is 0 Å². The minimum Gasteiger partial charge on any atom is -0.285 e. The number of benzene rings is 2. The van der Waals surface area contributed by atoms with E-state index < -0.39 is 33.9 Å². The van der Waals surface area contributed by atoms with Crippen LogP contribution in [0.1, 0.15) is 23.6 Å². The van der Waals surface area contributed by atoms with Gasteiger partial charge < -0.3 is 0 Å². The lowest BCUT2D eigenvalue weighted by Gasteiger charge is -2.31. The minimum atomic E-state index is -3.33. The zero-order chi connectivity index (χ0) is 24.4. The van der Waals surface area contributed by atoms with E-state index in [0.29, 0.717) is 22.5 Å². The number of para-hydroxylation sites is 1. The van der Waals surface area contributed by atoms with Crippen molar-refractivity contribution in [2.24, 2.45) is 0 Å². The standard InChI is InChI=1S/C22H21N6O5S2/c29-34(30)14-25-22(33-35(31)32)27(16-7-2-1-3-8-16)20-18-12-26-28(21(18)24-13-23-20)19-11-10-15-6-4-5-9-17(15)19/h1-3,5-9,12-13,19,22,25,34-35H,10-11,14H2. The minimum absolute atomic E-state index is 0.0178. The van der Waals surface area contributed by atoms with Gasteiger partial charge in [-0.3, -0.25) is 10.2 Å². The highest BCUT2D eigenvalue weighted by Crippen LogP contribution is 2.37. The molecule has 0 fully saturated rings. The number of anilines is 2. The van der Waals surface area contributed by atoms with Gasteiger partial charge in [0.1, 0.15) is 6.33 Å². The lowest BCUT2D eigenvalue weighted by Crippen LogP contribution is -2.46. The highest BCUT2D eigenvalue weighted by atomic mass is 32.2. The third kappa shape index (κ3) is 4.75. The van der Waals surface area contributed by atoms with Crippen molar-refractivity contribution in [1.82, 2.24) is 25.1 Å². The fourth-order valence-electron chi connectivity index (χ4n) is 4.36. The topological polar surface area (TPSA) is 136 Å². The van der Waals surface area contributed by atoms with E-state index in [4.69, 9.17) is 4.18 Å². The second kappa shape index (κ2) is 10.1. The maximum atomic E-state index is 11.5. The van der Waals surface area contributed by atoms with E-state index in [1.807, 2.05) is 22.9 Å². The lowest BCUT2D eigenvalue weighted by atomic mass is 10.1. The molecule has 13 heteroatoms. The van der Waals surface area contributed by atoms with Crippen LogP contribution in [0.3, 0.4) is 0 Å². The van der Waals surface area contributed by atoms with Gasteiger partial charge in [0.15, 0.2) is 22.2 Å². The van der Waals surface area contributed by atoms with Crippen molar-refractivity contribution < 1.29 is 21.0 Å². The molecule has 1 radical (unpaired) electrons. The number of nitrogens with zero attached hydrogens (tertiary/aromatic N) is 5. The highest BCUT2D eigenvalue weighted by molar-refractivity contribution is 7.72. The van der Waals surface area contributed by atoms with Crippen molar-refractivity contribution in [3.63, 3.8) is 0 Å². The largest absolute Gasteiger partial charge is 0.285 e. The Morgan fingerprint density at radius 3 is 2.77 bits per heavy atom. The Kier molecular flexibility index (Phi) is 6.72. The van der Waals surface area contributed by atoms with Crippen LogP contribution < -0.4 is 10.2 Å². The molecule has 0 amide bonds. The average Bonchev–Trinajstić information content (AvgIpc) is 3.47. The number of fused-ring (bicyclic) bond motifs is 2. The molecule has 0 spiro atoms. The van der Waals surface area contributed by atoms with E-state index in [1.165, 1.54) is 16.8 Å². The number of aromatic nitrogens is 4. The van der Waals surface area contributed by atoms with Gasteiger partial charge in [-0.1, -0.05) is 36.4 Å². The highest BCUT2D eigenvalue weighted by Gasteiger charge is 2.30. The Bertz CT molecular complexity index is 1490. The second-order valence-corrected chi connectivity index (χ2v) is 9.42. The van der Waals surface area contributed by atoms with E-state index >= 15 is 0 Å². The molecule has 181 valence electrons. The van der Waals surface area contributed by atoms with E-state index in [2.05, 4.69) is 26.4 Å². The number of rotatable bonds is 9. The monoisotopic (exact) mass is 513 g/mol. The summed E-state index contributed by atoms with van der Waals surface area (Å²) in [5.74, 6) is -0.196. The van der Waals surface area contributed by atoms with Crippen molar-refractivity contribution in [3.05, 3.63) is 78.2 Å². The third-order valence-electron chi connectivity index (χ3n) is 5.78. The van der Waals surface area contributed by atoms with Crippen molar-refractivity contribution in [1.29, 1.82) is 0 Å². The summed E-state index contributed by atoms with van der Waals surface area (Å²) in [5, 5.41) is 7.78. The van der Waals surface area contributed by atoms with Gasteiger partial charge in [-0.05, 0) is 42.2 Å². The second-order valence-electron chi connectivity index (χ2n) is 7.78. The third-order valence-corrected chi connectivity index (χ3v) is 6.59. The van der Waals surface area contributed by atoms with Crippen LogP contribution in [0.2, 0.25) is 0 Å². The number of hydrogen-bond acceptors (Lipinski definition) is 10. The fraction of sp³-hybridized carbons (Fsp3) is 0.227. The van der Waals surface area contributed by atoms with Gasteiger partial charge in [-0.15, -0.1) is 0 Å². The Balaban J connectivity index is 1.63. The maximum Gasteiger partial charge on any atom is 0.260 e. The van der Waals surface area contributed by atoms with Crippen molar-refractivity contribution in [2.45, 2.75) is 25.2 Å². The smallest absolute Gasteiger partial charge is 0.260 e. The summed E-state index contributed by atoms with van der Waals surface area (Å²) in [6.07, 6.45) is 3.36. The van der Waals surface area contributed by atoms with Crippen LogP contribution in [0, 0.1) is 6.07 Å². The summed E-state index contributed by atoms with van der Waals surface area (Å²) >= 11 is 0. The molecule has 2 aromatic carbocycles. The summed E-state index contributed by atoms with van der Waals surface area (Å²) < 4.78 is 52.5. The van der Waals surface area contributed by atoms with E-state index in [1.54, 1.807) is 36.5 Å². The van der Waals surface area contributed by atoms with Crippen LogP contribution in [0.5, 0.6) is 0 Å². The van der Waals surface area contributed by atoms with Gasteiger partial charge in [-0.25, -0.2) is 35.7 Å². The quantitative estimate of drug-likeness (QED) is 0.222. The molecule has 2 atom stereocenters. The molecular formula is C22H21N6O5S2. The molecule has 4 aromatic rings. The molecule has 0 aliphatic heterocycles. The first kappa shape index (κ1) is 23.4. The molecule has 11 nitrogen and oxygen atoms in total. The van der Waals surface area contributed by atoms with Gasteiger partial charge in [0.25, 0.3) is 11.0 Å². The molecule has 0 bridgehead atoms. The Hall–Kier alpha value is -3.39. The first-order valence-electron chi connectivity index (χ1n) is 10.7. The summed E-state index contributed by atoms with van der Waals surface area (Å²) in [5.41, 5.74) is 3.45. The number of thiol groups is 2. The first-order chi connectivity index (χ1) is 17.0. The molecule has 1 N–H and O–H groups in total. The van der Waals surface area contributed by atoms with Crippen LogP contribution in [0.15, 0.2) is 61.1 Å². The van der Waals surface area contributed by atoms with E-state index in [9.17, 15) is 16.8 Å². The van der Waals surface area contributed by atoms with Crippen LogP contribution in [-0.4, -0.2) is 48.8 Å². The average molecular weight is 514 g/mol. The lowest BCUT2D eigenvalue weighted by molar-refractivity contribution is 0.193. The molecular weight excluding hydrogens is 492 g/mol. The Labute approximate surface area is 204 Å². The van der Waals surface area contributed by atoms with Crippen LogP contribution in [0.25, 0.3) is 11.0 Å². The van der Waals surface area contributed by atoms with Crippen LogP contribution in [-0.2, 0) is 32.3 Å². The predicted octanol–water partition coefficient (Wildman–Crippen LogP) is 1.29. The summed E-state index contributed by atoms with van der Waals surface area (Å²) in [6.45, 7) is 0. The maximum absolute atomic E-state index is 11.5. The van der Waals surface area contributed by atoms with Gasteiger partial charge in [0, 0.05) is 5.69 Å². The fourth-order valence-corrected chi connectivity index (χ4v) is 4.99. The molecule has 0 saturated heterocycles. The van der Waals surface area contributed by atoms with Gasteiger partial charge in [-0.2, -0.15) is 5.10 Å². The predicted molar refractivity (Wildman–Crippen MR) is 129 cm³/mol. The zero-order valence-electron chi connectivity index (χ0n) is 18.2. The number of nitrogens with one attached hydrogen (secondary N) is 1. The van der Waals surface area contributed by atoms with Gasteiger partial charge >= 0.3 is 0 Å². The normalized spacial score (nSPS) is 16.1. The molecule has 1 aliphatic rings. The molecule has 2 unspecified atom stereocenters. The summed E-state index contributed by atoms with van der Waals surface area (Å²) in [7, 11) is -6.17. The van der Waals surface area contributed by atoms with Crippen molar-refractivity contribution in [2.75, 3.05) is 10.8 Å². The number of hydrogen-bond donors (Lipinski definition) is 3. The van der Waals surface area contributed by atoms with E-state index in [-0.39, 0.29) is 6.04 Å². The van der Waals surface area contributed by atoms with Crippen LogP contribution >= 0.6 is 0 Å². The zero-order valence-corrected chi connectivity index (χ0v) is 20.0. The van der Waals surface area contributed by atoms with Gasteiger partial charge in [0.2, 0.25) is 6.35 Å². The molecule has 1 aliphatic carbocycles. The van der Waals surface area contributed by atoms with Crippen LogP contribution in [0.4, 0.5) is 11.5 Å². The molecule has 2 heterocycles. The molecule has 5 rings (SSSR count). The Morgan fingerprint density at radius 1 is 1.17 bits per heavy atom. The SMILES string of the molecule is O=[SH](=O)CNC(O[SH](=O)=O)N(c1ccccc1)c1ncnc2c1cnn2C1CCc2c[c]ccc21. The Morgan fingerprint density at radius 2 is 2.00 bits per heavy atom. The van der Waals surface area contributed by atoms with E-state index in [0.717, 1.165) is 18.4 Å².